The number of hydrogen-bond acceptors (Lipinski definition) is 3. The summed E-state index contributed by atoms with van der Waals surface area (Å²) in [5.41, 5.74) is -0.416. The summed E-state index contributed by atoms with van der Waals surface area (Å²) in [5.74, 6) is 0. The molecule has 0 atom stereocenters. The van der Waals surface area contributed by atoms with Crippen molar-refractivity contribution in [1.29, 1.82) is 0 Å². The number of aliphatic hydroxyl groups is 1. The van der Waals surface area contributed by atoms with Crippen molar-refractivity contribution in [3.05, 3.63) is 21.9 Å². The van der Waals surface area contributed by atoms with Gasteiger partial charge in [0.25, 0.3) is 0 Å². The first kappa shape index (κ1) is 12.1. The number of rotatable bonds is 4. The van der Waals surface area contributed by atoms with E-state index in [0.29, 0.717) is 0 Å². The van der Waals surface area contributed by atoms with Gasteiger partial charge in [0.2, 0.25) is 0 Å². The molecule has 16 heavy (non-hydrogen) atoms. The smallest absolute Gasteiger partial charge is 0.0774 e. The summed E-state index contributed by atoms with van der Waals surface area (Å²) in [6.07, 6.45) is 4.31. The fourth-order valence-corrected chi connectivity index (χ4v) is 3.56. The van der Waals surface area contributed by atoms with Crippen molar-refractivity contribution in [3.8, 4) is 0 Å². The number of thiophene rings is 1. The minimum absolute atomic E-state index is 0.416. The molecule has 0 aliphatic heterocycles. The maximum Gasteiger partial charge on any atom is 0.0774 e. The third-order valence-electron chi connectivity index (χ3n) is 3.32. The molecule has 2 rings (SSSR count). The van der Waals surface area contributed by atoms with Crippen LogP contribution in [0.4, 0.5) is 0 Å². The van der Waals surface area contributed by atoms with Crippen molar-refractivity contribution in [2.45, 2.75) is 44.8 Å². The topological polar surface area (TPSA) is 23.5 Å². The van der Waals surface area contributed by atoms with Crippen LogP contribution < -0.4 is 0 Å². The third kappa shape index (κ3) is 3.06. The molecule has 0 bridgehead atoms. The van der Waals surface area contributed by atoms with E-state index in [0.717, 1.165) is 25.9 Å². The predicted molar refractivity (Wildman–Crippen MR) is 68.8 cm³/mol. The van der Waals surface area contributed by atoms with Crippen molar-refractivity contribution >= 4 is 11.3 Å². The Hall–Kier alpha value is -0.380. The van der Waals surface area contributed by atoms with Crippen LogP contribution in [0.5, 0.6) is 0 Å². The van der Waals surface area contributed by atoms with Gasteiger partial charge in [0.1, 0.15) is 0 Å². The van der Waals surface area contributed by atoms with Gasteiger partial charge in [-0.25, -0.2) is 0 Å². The maximum atomic E-state index is 10.3. The Morgan fingerprint density at radius 2 is 2.06 bits per heavy atom. The van der Waals surface area contributed by atoms with Crippen LogP contribution in [0.25, 0.3) is 0 Å². The molecule has 90 valence electrons. The number of aryl methyl sites for hydroxylation is 1. The molecule has 0 unspecified atom stereocenters. The van der Waals surface area contributed by atoms with E-state index in [4.69, 9.17) is 0 Å². The zero-order valence-electron chi connectivity index (χ0n) is 10.2. The monoisotopic (exact) mass is 239 g/mol. The van der Waals surface area contributed by atoms with E-state index in [1.165, 1.54) is 22.6 Å². The summed E-state index contributed by atoms with van der Waals surface area (Å²) in [6, 6.07) is 4.35. The molecule has 0 saturated heterocycles. The molecular weight excluding hydrogens is 218 g/mol. The van der Waals surface area contributed by atoms with E-state index in [-0.39, 0.29) is 0 Å². The first-order valence-corrected chi connectivity index (χ1v) is 6.85. The van der Waals surface area contributed by atoms with Crippen molar-refractivity contribution in [1.82, 2.24) is 4.90 Å². The molecular formula is C13H21NOS. The lowest BCUT2D eigenvalue weighted by Gasteiger charge is -2.28. The Morgan fingerprint density at radius 1 is 1.38 bits per heavy atom. The molecule has 0 amide bonds. The SMILES string of the molecule is Cc1ccc(CN(C)CC2(O)CCCC2)s1. The zero-order valence-corrected chi connectivity index (χ0v) is 11.0. The normalized spacial score (nSPS) is 19.5. The van der Waals surface area contributed by atoms with Crippen LogP contribution in [0, 0.1) is 6.92 Å². The molecule has 3 heteroatoms. The fraction of sp³-hybridized carbons (Fsp3) is 0.692. The predicted octanol–water partition coefficient (Wildman–Crippen LogP) is 2.79. The highest BCUT2D eigenvalue weighted by Gasteiger charge is 2.32. The quantitative estimate of drug-likeness (QED) is 0.873. The average molecular weight is 239 g/mol. The minimum atomic E-state index is -0.416. The van der Waals surface area contributed by atoms with Gasteiger partial charge in [-0.05, 0) is 38.9 Å². The second kappa shape index (κ2) is 4.86. The van der Waals surface area contributed by atoms with Gasteiger partial charge >= 0.3 is 0 Å². The van der Waals surface area contributed by atoms with Crippen molar-refractivity contribution in [3.63, 3.8) is 0 Å². The molecule has 1 aromatic rings. The summed E-state index contributed by atoms with van der Waals surface area (Å²) in [6.45, 7) is 3.91. The lowest BCUT2D eigenvalue weighted by Crippen LogP contribution is -2.38. The molecule has 0 radical (unpaired) electrons. The van der Waals surface area contributed by atoms with Crippen molar-refractivity contribution < 1.29 is 5.11 Å². The van der Waals surface area contributed by atoms with Gasteiger partial charge in [0.05, 0.1) is 5.60 Å². The van der Waals surface area contributed by atoms with E-state index in [9.17, 15) is 5.11 Å². The Morgan fingerprint density at radius 3 is 2.62 bits per heavy atom. The second-order valence-electron chi connectivity index (χ2n) is 5.12. The average Bonchev–Trinajstić information content (AvgIpc) is 2.75. The standard InChI is InChI=1S/C13H21NOS/c1-11-5-6-12(16-11)9-14(2)10-13(15)7-3-4-8-13/h5-6,15H,3-4,7-10H2,1-2H3. The van der Waals surface area contributed by atoms with E-state index >= 15 is 0 Å². The Balaban J connectivity index is 1.86. The first-order chi connectivity index (χ1) is 7.57. The molecule has 2 nitrogen and oxygen atoms in total. The summed E-state index contributed by atoms with van der Waals surface area (Å²) in [4.78, 5) is 5.00. The van der Waals surface area contributed by atoms with Crippen LogP contribution in [0.2, 0.25) is 0 Å². The zero-order chi connectivity index (χ0) is 11.6. The Kier molecular flexibility index (Phi) is 3.67. The summed E-state index contributed by atoms with van der Waals surface area (Å²) < 4.78 is 0. The van der Waals surface area contributed by atoms with Crippen molar-refractivity contribution in [2.75, 3.05) is 13.6 Å². The van der Waals surface area contributed by atoms with Crippen molar-refractivity contribution in [2.24, 2.45) is 0 Å². The maximum absolute atomic E-state index is 10.3. The van der Waals surface area contributed by atoms with Crippen LogP contribution in [0.3, 0.4) is 0 Å². The molecule has 1 saturated carbocycles. The highest BCUT2D eigenvalue weighted by Crippen LogP contribution is 2.30. The lowest BCUT2D eigenvalue weighted by atomic mass is 10.0. The van der Waals surface area contributed by atoms with Crippen LogP contribution in [-0.4, -0.2) is 29.2 Å². The summed E-state index contributed by atoms with van der Waals surface area (Å²) in [7, 11) is 2.10. The number of nitrogens with zero attached hydrogens (tertiary/aromatic N) is 1. The van der Waals surface area contributed by atoms with Crippen LogP contribution in [0.15, 0.2) is 12.1 Å². The lowest BCUT2D eigenvalue weighted by molar-refractivity contribution is 0.0147. The van der Waals surface area contributed by atoms with Gasteiger partial charge in [0.15, 0.2) is 0 Å². The molecule has 1 aromatic heterocycles. The fourth-order valence-electron chi connectivity index (χ4n) is 2.59. The largest absolute Gasteiger partial charge is 0.389 e. The minimum Gasteiger partial charge on any atom is -0.389 e. The third-order valence-corrected chi connectivity index (χ3v) is 4.31. The van der Waals surface area contributed by atoms with Gasteiger partial charge in [-0.2, -0.15) is 0 Å². The van der Waals surface area contributed by atoms with Gasteiger partial charge in [0, 0.05) is 22.8 Å². The van der Waals surface area contributed by atoms with Crippen LogP contribution in [0.1, 0.15) is 35.4 Å². The van der Waals surface area contributed by atoms with E-state index in [1.807, 2.05) is 11.3 Å². The molecule has 0 aromatic carbocycles. The van der Waals surface area contributed by atoms with E-state index < -0.39 is 5.60 Å². The van der Waals surface area contributed by atoms with Crippen LogP contribution in [-0.2, 0) is 6.54 Å². The molecule has 1 heterocycles. The highest BCUT2D eigenvalue weighted by atomic mass is 32.1. The van der Waals surface area contributed by atoms with Gasteiger partial charge in [-0.1, -0.05) is 12.8 Å². The molecule has 1 N–H and O–H groups in total. The summed E-state index contributed by atoms with van der Waals surface area (Å²) in [5, 5.41) is 10.3. The molecule has 1 aliphatic rings. The highest BCUT2D eigenvalue weighted by molar-refractivity contribution is 7.11. The Labute approximate surface area is 102 Å². The number of likely N-dealkylation sites (N-methyl/N-ethyl adjacent to an activating group) is 1. The van der Waals surface area contributed by atoms with Gasteiger partial charge in [-0.15, -0.1) is 11.3 Å². The Bertz CT molecular complexity index is 341. The first-order valence-electron chi connectivity index (χ1n) is 6.04. The van der Waals surface area contributed by atoms with Gasteiger partial charge in [-0.3, -0.25) is 4.90 Å². The number of hydrogen-bond donors (Lipinski definition) is 1. The summed E-state index contributed by atoms with van der Waals surface area (Å²) >= 11 is 1.85. The molecule has 1 fully saturated rings. The molecule has 1 aliphatic carbocycles. The van der Waals surface area contributed by atoms with Crippen LogP contribution >= 0.6 is 11.3 Å². The second-order valence-corrected chi connectivity index (χ2v) is 6.49. The molecule has 0 spiro atoms. The van der Waals surface area contributed by atoms with Gasteiger partial charge < -0.3 is 5.11 Å². The van der Waals surface area contributed by atoms with E-state index in [1.54, 1.807) is 0 Å². The van der Waals surface area contributed by atoms with E-state index in [2.05, 4.69) is 31.0 Å².